The van der Waals surface area contributed by atoms with Gasteiger partial charge < -0.3 is 19.2 Å². The number of hydrogen-bond donors (Lipinski definition) is 1. The van der Waals surface area contributed by atoms with Gasteiger partial charge in [-0.15, -0.1) is 10.2 Å². The van der Waals surface area contributed by atoms with E-state index in [1.165, 1.54) is 12.1 Å². The van der Waals surface area contributed by atoms with Crippen molar-refractivity contribution >= 4 is 23.4 Å². The van der Waals surface area contributed by atoms with Crippen LogP contribution in [0.2, 0.25) is 0 Å². The zero-order chi connectivity index (χ0) is 18.6. The van der Waals surface area contributed by atoms with E-state index in [9.17, 15) is 9.18 Å². The lowest BCUT2D eigenvalue weighted by atomic mass is 10.2. The van der Waals surface area contributed by atoms with Crippen molar-refractivity contribution in [3.63, 3.8) is 0 Å². The van der Waals surface area contributed by atoms with Crippen LogP contribution in [-0.2, 0) is 4.79 Å². The van der Waals surface area contributed by atoms with Crippen molar-refractivity contribution < 1.29 is 23.1 Å². The van der Waals surface area contributed by atoms with E-state index >= 15 is 0 Å². The summed E-state index contributed by atoms with van der Waals surface area (Å²) >= 11 is 1.11. The summed E-state index contributed by atoms with van der Waals surface area (Å²) in [7, 11) is 0. The maximum Gasteiger partial charge on any atom is 0.277 e. The van der Waals surface area contributed by atoms with E-state index < -0.39 is 0 Å². The van der Waals surface area contributed by atoms with Crippen molar-refractivity contribution in [3.05, 3.63) is 48.3 Å². The number of aromatic nitrogens is 2. The Morgan fingerprint density at radius 3 is 2.67 bits per heavy atom. The largest absolute Gasteiger partial charge is 0.486 e. The molecule has 4 rings (SSSR count). The number of ether oxygens (including phenoxy) is 2. The lowest BCUT2D eigenvalue weighted by molar-refractivity contribution is -0.113. The number of anilines is 1. The van der Waals surface area contributed by atoms with Crippen LogP contribution in [-0.4, -0.2) is 35.1 Å². The first-order valence-corrected chi connectivity index (χ1v) is 9.08. The summed E-state index contributed by atoms with van der Waals surface area (Å²) in [6.07, 6.45) is 0. The lowest BCUT2D eigenvalue weighted by Gasteiger charge is -2.18. The number of halogens is 1. The van der Waals surface area contributed by atoms with Crippen molar-refractivity contribution in [1.82, 2.24) is 10.2 Å². The van der Waals surface area contributed by atoms with Crippen LogP contribution >= 0.6 is 11.8 Å². The Morgan fingerprint density at radius 1 is 1.07 bits per heavy atom. The molecule has 0 atom stereocenters. The molecule has 1 aromatic heterocycles. The van der Waals surface area contributed by atoms with Crippen LogP contribution in [0.1, 0.15) is 0 Å². The van der Waals surface area contributed by atoms with Gasteiger partial charge >= 0.3 is 0 Å². The van der Waals surface area contributed by atoms with Gasteiger partial charge in [-0.05, 0) is 36.4 Å². The normalized spacial score (nSPS) is 12.6. The predicted octanol–water partition coefficient (Wildman–Crippen LogP) is 3.38. The topological polar surface area (TPSA) is 86.5 Å². The van der Waals surface area contributed by atoms with Crippen molar-refractivity contribution in [3.8, 4) is 23.0 Å². The molecule has 3 aromatic rings. The van der Waals surface area contributed by atoms with E-state index in [4.69, 9.17) is 13.9 Å². The molecule has 0 bridgehead atoms. The number of thioether (sulfide) groups is 1. The second kappa shape index (κ2) is 7.67. The van der Waals surface area contributed by atoms with Gasteiger partial charge in [0.15, 0.2) is 11.5 Å². The first-order valence-electron chi connectivity index (χ1n) is 8.09. The SMILES string of the molecule is O=C(CSc1nnc(-c2ccc(F)cc2)o1)Nc1ccc2c(c1)OCCO2. The third-order valence-electron chi connectivity index (χ3n) is 3.65. The molecule has 27 heavy (non-hydrogen) atoms. The average molecular weight is 387 g/mol. The van der Waals surface area contributed by atoms with Crippen LogP contribution in [0, 0.1) is 5.82 Å². The third kappa shape index (κ3) is 4.20. The summed E-state index contributed by atoms with van der Waals surface area (Å²) in [6, 6.07) is 10.9. The van der Waals surface area contributed by atoms with Gasteiger partial charge in [0, 0.05) is 17.3 Å². The van der Waals surface area contributed by atoms with Crippen molar-refractivity contribution in [1.29, 1.82) is 0 Å². The number of fused-ring (bicyclic) bond motifs is 1. The van der Waals surface area contributed by atoms with Crippen molar-refractivity contribution in [2.75, 3.05) is 24.3 Å². The van der Waals surface area contributed by atoms with E-state index in [2.05, 4.69) is 15.5 Å². The highest BCUT2D eigenvalue weighted by Gasteiger charge is 2.14. The molecule has 1 aliphatic rings. The molecule has 0 saturated heterocycles. The van der Waals surface area contributed by atoms with Crippen molar-refractivity contribution in [2.24, 2.45) is 0 Å². The van der Waals surface area contributed by atoms with Crippen LogP contribution < -0.4 is 14.8 Å². The van der Waals surface area contributed by atoms with Gasteiger partial charge in [-0.3, -0.25) is 4.79 Å². The van der Waals surface area contributed by atoms with Gasteiger partial charge in [0.1, 0.15) is 19.0 Å². The molecule has 0 radical (unpaired) electrons. The smallest absolute Gasteiger partial charge is 0.277 e. The molecule has 1 aliphatic heterocycles. The Kier molecular flexibility index (Phi) is 4.93. The molecule has 0 spiro atoms. The molecule has 138 valence electrons. The first-order chi connectivity index (χ1) is 13.2. The number of carbonyl (C=O) groups excluding carboxylic acids is 1. The summed E-state index contributed by atoms with van der Waals surface area (Å²) in [5.74, 6) is 1.06. The fraction of sp³-hybridized carbons (Fsp3) is 0.167. The number of carbonyl (C=O) groups is 1. The quantitative estimate of drug-likeness (QED) is 0.672. The molecule has 1 amide bonds. The van der Waals surface area contributed by atoms with E-state index in [0.717, 1.165) is 11.8 Å². The van der Waals surface area contributed by atoms with E-state index in [1.807, 2.05) is 0 Å². The minimum Gasteiger partial charge on any atom is -0.486 e. The van der Waals surface area contributed by atoms with Crippen LogP contribution in [0.25, 0.3) is 11.5 Å². The standard InChI is InChI=1S/C18H14FN3O4S/c19-12-3-1-11(2-4-12)17-21-22-18(26-17)27-10-16(23)20-13-5-6-14-15(9-13)25-8-7-24-14/h1-6,9H,7-8,10H2,(H,20,23). The third-order valence-corrected chi connectivity index (χ3v) is 4.47. The summed E-state index contributed by atoms with van der Waals surface area (Å²) < 4.78 is 29.4. The maximum absolute atomic E-state index is 13.0. The average Bonchev–Trinajstić information content (AvgIpc) is 3.16. The molecule has 2 aromatic carbocycles. The highest BCUT2D eigenvalue weighted by atomic mass is 32.2. The Hall–Kier alpha value is -3.07. The molecular formula is C18H14FN3O4S. The van der Waals surface area contributed by atoms with E-state index in [0.29, 0.717) is 36.0 Å². The minimum atomic E-state index is -0.344. The Labute approximate surface area is 157 Å². The van der Waals surface area contributed by atoms with Crippen LogP contribution in [0.3, 0.4) is 0 Å². The van der Waals surface area contributed by atoms with E-state index in [-0.39, 0.29) is 28.6 Å². The second-order valence-corrected chi connectivity index (χ2v) is 6.50. The molecule has 0 aliphatic carbocycles. The number of amides is 1. The number of rotatable bonds is 5. The molecular weight excluding hydrogens is 373 g/mol. The van der Waals surface area contributed by atoms with Gasteiger partial charge in [-0.2, -0.15) is 0 Å². The Morgan fingerprint density at radius 2 is 1.85 bits per heavy atom. The second-order valence-electron chi connectivity index (χ2n) is 5.58. The first kappa shape index (κ1) is 17.3. The Bertz CT molecular complexity index is 961. The van der Waals surface area contributed by atoms with Gasteiger partial charge in [0.2, 0.25) is 11.8 Å². The number of nitrogens with zero attached hydrogens (tertiary/aromatic N) is 2. The van der Waals surface area contributed by atoms with Crippen LogP contribution in [0.15, 0.2) is 52.1 Å². The molecule has 0 fully saturated rings. The Balaban J connectivity index is 1.34. The highest BCUT2D eigenvalue weighted by molar-refractivity contribution is 7.99. The molecule has 7 nitrogen and oxygen atoms in total. The monoisotopic (exact) mass is 387 g/mol. The van der Waals surface area contributed by atoms with Crippen LogP contribution in [0.4, 0.5) is 10.1 Å². The molecule has 1 N–H and O–H groups in total. The molecule has 0 unspecified atom stereocenters. The van der Waals surface area contributed by atoms with Crippen molar-refractivity contribution in [2.45, 2.75) is 5.22 Å². The minimum absolute atomic E-state index is 0.0967. The fourth-order valence-corrected chi connectivity index (χ4v) is 2.99. The zero-order valence-corrected chi connectivity index (χ0v) is 14.8. The molecule has 0 saturated carbocycles. The number of nitrogens with one attached hydrogen (secondary N) is 1. The maximum atomic E-state index is 13.0. The summed E-state index contributed by atoms with van der Waals surface area (Å²) in [5.41, 5.74) is 1.22. The zero-order valence-electron chi connectivity index (χ0n) is 14.0. The molecule has 9 heteroatoms. The number of hydrogen-bond acceptors (Lipinski definition) is 7. The van der Waals surface area contributed by atoms with Crippen LogP contribution in [0.5, 0.6) is 11.5 Å². The summed E-state index contributed by atoms with van der Waals surface area (Å²) in [4.78, 5) is 12.1. The van der Waals surface area contributed by atoms with E-state index in [1.54, 1.807) is 30.3 Å². The summed E-state index contributed by atoms with van der Waals surface area (Å²) in [5, 5.41) is 10.8. The predicted molar refractivity (Wildman–Crippen MR) is 96.5 cm³/mol. The highest BCUT2D eigenvalue weighted by Crippen LogP contribution is 2.32. The van der Waals surface area contributed by atoms with Gasteiger partial charge in [-0.25, -0.2) is 4.39 Å². The molecule has 2 heterocycles. The van der Waals surface area contributed by atoms with Gasteiger partial charge in [-0.1, -0.05) is 11.8 Å². The fourth-order valence-electron chi connectivity index (χ4n) is 2.42. The van der Waals surface area contributed by atoms with Gasteiger partial charge in [0.25, 0.3) is 5.22 Å². The lowest BCUT2D eigenvalue weighted by Crippen LogP contribution is -2.17. The number of benzene rings is 2. The summed E-state index contributed by atoms with van der Waals surface area (Å²) in [6.45, 7) is 0.993. The van der Waals surface area contributed by atoms with Gasteiger partial charge in [0.05, 0.1) is 5.75 Å².